The predicted octanol–water partition coefficient (Wildman–Crippen LogP) is 0.352. The topological polar surface area (TPSA) is 60.5 Å². The second-order valence-corrected chi connectivity index (χ2v) is 2.20. The Balaban J connectivity index is 2.63. The van der Waals surface area contributed by atoms with Crippen molar-refractivity contribution in [3.05, 3.63) is 30.1 Å². The molecule has 0 saturated heterocycles. The molecular formula is C9H9N3O. The van der Waals surface area contributed by atoms with Crippen molar-refractivity contribution in [2.45, 2.75) is 0 Å². The molecule has 0 amide bonds. The molecule has 0 unspecified atom stereocenters. The molecule has 0 aliphatic rings. The second-order valence-electron chi connectivity index (χ2n) is 2.20. The molecule has 0 aromatic carbocycles. The van der Waals surface area contributed by atoms with Gasteiger partial charge in [-0.15, -0.1) is 6.42 Å². The molecule has 1 rings (SSSR count). The van der Waals surface area contributed by atoms with Crippen molar-refractivity contribution in [1.29, 1.82) is 0 Å². The summed E-state index contributed by atoms with van der Waals surface area (Å²) in [6.45, 7) is 0.112. The third-order valence-electron chi connectivity index (χ3n) is 1.27. The molecule has 0 spiro atoms. The number of oxime groups is 1. The lowest BCUT2D eigenvalue weighted by molar-refractivity contribution is 0.179. The minimum atomic E-state index is 0.112. The van der Waals surface area contributed by atoms with Gasteiger partial charge in [-0.1, -0.05) is 11.1 Å². The van der Waals surface area contributed by atoms with Crippen LogP contribution in [0.25, 0.3) is 0 Å². The van der Waals surface area contributed by atoms with Crippen molar-refractivity contribution in [3.63, 3.8) is 0 Å². The van der Waals surface area contributed by atoms with Crippen LogP contribution in [0.5, 0.6) is 0 Å². The Morgan fingerprint density at radius 1 is 1.77 bits per heavy atom. The first kappa shape index (κ1) is 9.07. The van der Waals surface area contributed by atoms with Crippen LogP contribution < -0.4 is 5.73 Å². The smallest absolute Gasteiger partial charge is 0.177 e. The number of rotatable bonds is 3. The highest BCUT2D eigenvalue weighted by atomic mass is 16.6. The first-order valence-corrected chi connectivity index (χ1v) is 3.64. The fourth-order valence-corrected chi connectivity index (χ4v) is 0.706. The fraction of sp³-hybridized carbons (Fsp3) is 0.111. The van der Waals surface area contributed by atoms with Gasteiger partial charge in [0.25, 0.3) is 0 Å². The number of nitrogens with zero attached hydrogens (tertiary/aromatic N) is 2. The Kier molecular flexibility index (Phi) is 3.33. The van der Waals surface area contributed by atoms with Crippen LogP contribution in [0, 0.1) is 12.3 Å². The van der Waals surface area contributed by atoms with Gasteiger partial charge in [0.1, 0.15) is 0 Å². The van der Waals surface area contributed by atoms with E-state index in [0.29, 0.717) is 5.56 Å². The highest BCUT2D eigenvalue weighted by Crippen LogP contribution is 1.94. The fourth-order valence-electron chi connectivity index (χ4n) is 0.706. The second kappa shape index (κ2) is 4.78. The SMILES string of the molecule is C#CCO/N=C(/N)c1cccnc1. The number of hydrogen-bond acceptors (Lipinski definition) is 3. The summed E-state index contributed by atoms with van der Waals surface area (Å²) in [6, 6.07) is 3.55. The standard InChI is InChI=1S/C9H9N3O/c1-2-6-13-12-9(10)8-4-3-5-11-7-8/h1,3-5,7H,6H2,(H2,10,12). The van der Waals surface area contributed by atoms with Gasteiger partial charge in [0, 0.05) is 18.0 Å². The summed E-state index contributed by atoms with van der Waals surface area (Å²) in [6.07, 6.45) is 8.20. The highest BCUT2D eigenvalue weighted by Gasteiger charge is 1.96. The summed E-state index contributed by atoms with van der Waals surface area (Å²) < 4.78 is 0. The normalized spacial score (nSPS) is 10.5. The van der Waals surface area contributed by atoms with Crippen molar-refractivity contribution >= 4 is 5.84 Å². The molecule has 0 fully saturated rings. The molecule has 4 heteroatoms. The van der Waals surface area contributed by atoms with Gasteiger partial charge in [0.2, 0.25) is 0 Å². The Morgan fingerprint density at radius 2 is 2.62 bits per heavy atom. The van der Waals surface area contributed by atoms with Crippen molar-refractivity contribution < 1.29 is 4.84 Å². The van der Waals surface area contributed by atoms with E-state index in [9.17, 15) is 0 Å². The Labute approximate surface area is 76.4 Å². The van der Waals surface area contributed by atoms with Crippen molar-refractivity contribution in [2.24, 2.45) is 10.9 Å². The molecule has 0 atom stereocenters. The van der Waals surface area contributed by atoms with Gasteiger partial charge in [0.15, 0.2) is 12.4 Å². The first-order chi connectivity index (χ1) is 6.34. The average Bonchev–Trinajstić information content (AvgIpc) is 2.19. The van der Waals surface area contributed by atoms with Gasteiger partial charge in [-0.2, -0.15) is 0 Å². The molecule has 0 bridgehead atoms. The van der Waals surface area contributed by atoms with E-state index < -0.39 is 0 Å². The number of hydrogen-bond donors (Lipinski definition) is 1. The molecular weight excluding hydrogens is 166 g/mol. The molecule has 0 saturated carbocycles. The van der Waals surface area contributed by atoms with Gasteiger partial charge in [-0.3, -0.25) is 4.98 Å². The van der Waals surface area contributed by atoms with Crippen LogP contribution in [-0.2, 0) is 4.84 Å². The van der Waals surface area contributed by atoms with Crippen LogP contribution in [0.1, 0.15) is 5.56 Å². The van der Waals surface area contributed by atoms with Crippen LogP contribution in [0.3, 0.4) is 0 Å². The molecule has 66 valence electrons. The quantitative estimate of drug-likeness (QED) is 0.237. The Morgan fingerprint density at radius 3 is 3.23 bits per heavy atom. The van der Waals surface area contributed by atoms with Crippen LogP contribution in [0.4, 0.5) is 0 Å². The molecule has 4 nitrogen and oxygen atoms in total. The lowest BCUT2D eigenvalue weighted by atomic mass is 10.3. The molecule has 13 heavy (non-hydrogen) atoms. The van der Waals surface area contributed by atoms with Crippen molar-refractivity contribution in [1.82, 2.24) is 4.98 Å². The highest BCUT2D eigenvalue weighted by molar-refractivity contribution is 5.96. The lowest BCUT2D eigenvalue weighted by Crippen LogP contribution is -2.14. The van der Waals surface area contributed by atoms with E-state index in [-0.39, 0.29) is 12.4 Å². The lowest BCUT2D eigenvalue weighted by Gasteiger charge is -1.98. The number of terminal acetylenes is 1. The summed E-state index contributed by atoms with van der Waals surface area (Å²) in [7, 11) is 0. The van der Waals surface area contributed by atoms with Crippen LogP contribution in [-0.4, -0.2) is 17.4 Å². The number of aromatic nitrogens is 1. The predicted molar refractivity (Wildman–Crippen MR) is 49.7 cm³/mol. The number of nitrogens with two attached hydrogens (primary N) is 1. The minimum Gasteiger partial charge on any atom is -0.381 e. The van der Waals surface area contributed by atoms with E-state index in [2.05, 4.69) is 16.1 Å². The van der Waals surface area contributed by atoms with Gasteiger partial charge in [-0.25, -0.2) is 0 Å². The summed E-state index contributed by atoms with van der Waals surface area (Å²) in [5.74, 6) is 2.54. The van der Waals surface area contributed by atoms with E-state index in [1.165, 1.54) is 0 Å². The third kappa shape index (κ3) is 2.83. The zero-order chi connectivity index (χ0) is 9.52. The maximum atomic E-state index is 5.55. The Hall–Kier alpha value is -2.02. The van der Waals surface area contributed by atoms with E-state index >= 15 is 0 Å². The van der Waals surface area contributed by atoms with E-state index in [0.717, 1.165) is 0 Å². The van der Waals surface area contributed by atoms with Gasteiger partial charge in [0.05, 0.1) is 0 Å². The largest absolute Gasteiger partial charge is 0.381 e. The number of amidine groups is 1. The monoisotopic (exact) mass is 175 g/mol. The van der Waals surface area contributed by atoms with E-state index in [1.807, 2.05) is 0 Å². The maximum absolute atomic E-state index is 5.55. The van der Waals surface area contributed by atoms with Crippen LogP contribution in [0.15, 0.2) is 29.7 Å². The van der Waals surface area contributed by atoms with Gasteiger partial charge in [-0.05, 0) is 12.1 Å². The molecule has 1 heterocycles. The molecule has 0 aliphatic carbocycles. The third-order valence-corrected chi connectivity index (χ3v) is 1.27. The zero-order valence-electron chi connectivity index (χ0n) is 6.97. The Bertz CT molecular complexity index is 326. The molecule has 0 aliphatic heterocycles. The molecule has 1 aromatic heterocycles. The van der Waals surface area contributed by atoms with Crippen LogP contribution >= 0.6 is 0 Å². The number of pyridine rings is 1. The summed E-state index contributed by atoms with van der Waals surface area (Å²) in [4.78, 5) is 8.58. The van der Waals surface area contributed by atoms with E-state index in [1.54, 1.807) is 24.5 Å². The maximum Gasteiger partial charge on any atom is 0.177 e. The first-order valence-electron chi connectivity index (χ1n) is 3.64. The summed E-state index contributed by atoms with van der Waals surface area (Å²) in [5, 5.41) is 3.60. The average molecular weight is 175 g/mol. The minimum absolute atomic E-state index is 0.112. The summed E-state index contributed by atoms with van der Waals surface area (Å²) in [5.41, 5.74) is 6.26. The molecule has 0 radical (unpaired) electrons. The van der Waals surface area contributed by atoms with Gasteiger partial charge >= 0.3 is 0 Å². The van der Waals surface area contributed by atoms with Gasteiger partial charge < -0.3 is 10.6 Å². The van der Waals surface area contributed by atoms with Crippen LogP contribution in [0.2, 0.25) is 0 Å². The van der Waals surface area contributed by atoms with E-state index in [4.69, 9.17) is 17.0 Å². The van der Waals surface area contributed by atoms with Crippen molar-refractivity contribution in [3.8, 4) is 12.3 Å². The molecule has 1 aromatic rings. The van der Waals surface area contributed by atoms with Crippen molar-refractivity contribution in [2.75, 3.05) is 6.61 Å². The summed E-state index contributed by atoms with van der Waals surface area (Å²) >= 11 is 0. The molecule has 2 N–H and O–H groups in total. The zero-order valence-corrected chi connectivity index (χ0v) is 6.97.